The van der Waals surface area contributed by atoms with Gasteiger partial charge in [-0.2, -0.15) is 0 Å². The highest BCUT2D eigenvalue weighted by Gasteiger charge is 2.47. The van der Waals surface area contributed by atoms with Crippen LogP contribution in [-0.2, 0) is 14.2 Å². The molecule has 15 heteroatoms. The molecule has 2 aromatic carbocycles. The fourth-order valence-electron chi connectivity index (χ4n) is 4.89. The van der Waals surface area contributed by atoms with Gasteiger partial charge >= 0.3 is 0 Å². The number of hydrogen-bond acceptors (Lipinski definition) is 15. The maximum Gasteiger partial charge on any atom is 0.239 e. The van der Waals surface area contributed by atoms with Gasteiger partial charge in [0.1, 0.15) is 70.9 Å². The summed E-state index contributed by atoms with van der Waals surface area (Å²) in [5.74, 6) is -1.11. The third-order valence-corrected chi connectivity index (χ3v) is 7.41. The number of aliphatic hydroxyl groups excluding tert-OH is 6. The second-order valence-corrected chi connectivity index (χ2v) is 10.3. The first-order valence-corrected chi connectivity index (χ1v) is 13.3. The normalized spacial score (nSPS) is 32.9. The summed E-state index contributed by atoms with van der Waals surface area (Å²) in [7, 11) is 1.35. The number of hydrogen-bond donors (Lipinski definition) is 8. The van der Waals surface area contributed by atoms with E-state index in [9.17, 15) is 45.6 Å². The van der Waals surface area contributed by atoms with Crippen LogP contribution in [0.25, 0.3) is 22.3 Å². The van der Waals surface area contributed by atoms with Crippen molar-refractivity contribution in [1.29, 1.82) is 0 Å². The Morgan fingerprint density at radius 1 is 0.814 bits per heavy atom. The van der Waals surface area contributed by atoms with Crippen molar-refractivity contribution in [3.8, 4) is 34.3 Å². The third-order valence-electron chi connectivity index (χ3n) is 7.41. The number of fused-ring (bicyclic) bond motifs is 1. The summed E-state index contributed by atoms with van der Waals surface area (Å²) in [5, 5.41) is 82.0. The molecule has 0 unspecified atom stereocenters. The summed E-state index contributed by atoms with van der Waals surface area (Å²) in [6, 6.07) is 8.03. The summed E-state index contributed by atoms with van der Waals surface area (Å²) in [5.41, 5.74) is -0.705. The molecule has 43 heavy (non-hydrogen) atoms. The Balaban J connectivity index is 1.47. The van der Waals surface area contributed by atoms with Crippen LogP contribution < -0.4 is 14.9 Å². The molecular formula is C28H32O15. The van der Waals surface area contributed by atoms with Gasteiger partial charge in [-0.3, -0.25) is 4.79 Å². The number of benzene rings is 2. The average Bonchev–Trinajstić information content (AvgIpc) is 2.99. The molecular weight excluding hydrogens is 576 g/mol. The molecule has 234 valence electrons. The van der Waals surface area contributed by atoms with Crippen LogP contribution in [-0.4, -0.2) is 116 Å². The minimum Gasteiger partial charge on any atom is -0.508 e. The van der Waals surface area contributed by atoms with Gasteiger partial charge in [0.15, 0.2) is 12.1 Å². The van der Waals surface area contributed by atoms with E-state index >= 15 is 0 Å². The summed E-state index contributed by atoms with van der Waals surface area (Å²) >= 11 is 0. The highest BCUT2D eigenvalue weighted by atomic mass is 16.7. The number of methoxy groups -OCH3 is 1. The van der Waals surface area contributed by atoms with Gasteiger partial charge in [-0.25, -0.2) is 0 Å². The molecule has 0 spiro atoms. The Hall–Kier alpha value is -3.51. The summed E-state index contributed by atoms with van der Waals surface area (Å²) < 4.78 is 33.4. The van der Waals surface area contributed by atoms with Crippen LogP contribution in [0.4, 0.5) is 0 Å². The molecule has 2 saturated heterocycles. The minimum atomic E-state index is -1.90. The number of rotatable bonds is 7. The van der Waals surface area contributed by atoms with Gasteiger partial charge < -0.3 is 69.0 Å². The predicted octanol–water partition coefficient (Wildman–Crippen LogP) is -1.09. The van der Waals surface area contributed by atoms with Crippen molar-refractivity contribution in [2.45, 2.75) is 68.3 Å². The van der Waals surface area contributed by atoms with Crippen molar-refractivity contribution in [3.63, 3.8) is 0 Å². The van der Waals surface area contributed by atoms with Crippen LogP contribution in [0.5, 0.6) is 23.0 Å². The van der Waals surface area contributed by atoms with Gasteiger partial charge in [0.25, 0.3) is 0 Å². The molecule has 2 aliphatic rings. The van der Waals surface area contributed by atoms with Crippen LogP contribution in [0.2, 0.25) is 0 Å². The van der Waals surface area contributed by atoms with Crippen LogP contribution in [0.15, 0.2) is 45.6 Å². The van der Waals surface area contributed by atoms with Gasteiger partial charge in [-0.1, -0.05) is 0 Å². The fraction of sp³-hybridized carbons (Fsp3) is 0.464. The Bertz CT molecular complexity index is 1490. The van der Waals surface area contributed by atoms with E-state index in [1.807, 2.05) is 0 Å². The molecule has 3 heterocycles. The minimum absolute atomic E-state index is 0.0725. The van der Waals surface area contributed by atoms with Crippen LogP contribution in [0.3, 0.4) is 0 Å². The molecule has 2 aliphatic heterocycles. The largest absolute Gasteiger partial charge is 0.508 e. The van der Waals surface area contributed by atoms with Crippen molar-refractivity contribution in [1.82, 2.24) is 0 Å². The van der Waals surface area contributed by atoms with Gasteiger partial charge in [0.2, 0.25) is 17.5 Å². The molecule has 0 amide bonds. The van der Waals surface area contributed by atoms with Gasteiger partial charge in [0.05, 0.1) is 19.8 Å². The molecule has 5 rings (SSSR count). The molecule has 10 atom stereocenters. The molecule has 2 fully saturated rings. The zero-order chi connectivity index (χ0) is 31.2. The standard InChI is InChI=1S/C28H32O15/c1-10-18(31)21(34)23(36)27(40-10)39-9-16-19(32)22(35)24(37)28(42-16)43-26-20(33)17-14(30)7-13(38-2)8-15(17)41-25(26)11-3-5-12(29)6-4-11/h3-8,10,16,18-19,21-24,27-32,34-37H,9H2,1-2H3/t10-,16+,18-,19+,21+,22-,23+,24+,27+,28-/m0/s1. The highest BCUT2D eigenvalue weighted by molar-refractivity contribution is 5.88. The molecule has 0 saturated carbocycles. The van der Waals surface area contributed by atoms with E-state index in [0.29, 0.717) is 0 Å². The van der Waals surface area contributed by atoms with Crippen molar-refractivity contribution < 1.29 is 69.0 Å². The lowest BCUT2D eigenvalue weighted by atomic mass is 9.98. The summed E-state index contributed by atoms with van der Waals surface area (Å²) in [6.07, 6.45) is -15.7. The smallest absolute Gasteiger partial charge is 0.239 e. The molecule has 1 aromatic heterocycles. The lowest BCUT2D eigenvalue weighted by molar-refractivity contribution is -0.318. The number of ether oxygens (including phenoxy) is 5. The van der Waals surface area contributed by atoms with E-state index in [0.717, 1.165) is 0 Å². The maximum absolute atomic E-state index is 13.7. The second-order valence-electron chi connectivity index (χ2n) is 10.3. The molecule has 0 bridgehead atoms. The van der Waals surface area contributed by atoms with Gasteiger partial charge in [-0.15, -0.1) is 0 Å². The number of phenolic OH excluding ortho intramolecular Hbond substituents is 2. The van der Waals surface area contributed by atoms with E-state index in [-0.39, 0.29) is 33.8 Å². The SMILES string of the molecule is COc1cc(O)c2c(=O)c(O[C@@H]3O[C@H](CO[C@@H]4O[C@@H](C)[C@H](O)[C@@H](O)[C@H]4O)[C@@H](O)[C@H](O)[C@H]3O)c(-c3ccc(O)cc3)oc2c1. The van der Waals surface area contributed by atoms with Crippen molar-refractivity contribution >= 4 is 11.0 Å². The predicted molar refractivity (Wildman–Crippen MR) is 143 cm³/mol. The van der Waals surface area contributed by atoms with E-state index in [4.69, 9.17) is 28.1 Å². The van der Waals surface area contributed by atoms with Crippen molar-refractivity contribution in [2.75, 3.05) is 13.7 Å². The first-order valence-electron chi connectivity index (χ1n) is 13.3. The molecule has 8 N–H and O–H groups in total. The third kappa shape index (κ3) is 5.86. The van der Waals surface area contributed by atoms with Crippen molar-refractivity contribution in [2.24, 2.45) is 0 Å². The fourth-order valence-corrected chi connectivity index (χ4v) is 4.89. The zero-order valence-corrected chi connectivity index (χ0v) is 22.9. The second kappa shape index (κ2) is 12.2. The molecule has 15 nitrogen and oxygen atoms in total. The maximum atomic E-state index is 13.7. The lowest BCUT2D eigenvalue weighted by Gasteiger charge is -2.42. The number of aromatic hydroxyl groups is 2. The number of aliphatic hydroxyl groups is 6. The van der Waals surface area contributed by atoms with E-state index < -0.39 is 84.9 Å². The van der Waals surface area contributed by atoms with Crippen LogP contribution in [0.1, 0.15) is 6.92 Å². The Labute approximate surface area is 243 Å². The summed E-state index contributed by atoms with van der Waals surface area (Å²) in [6.45, 7) is 0.889. The van der Waals surface area contributed by atoms with Crippen molar-refractivity contribution in [3.05, 3.63) is 46.6 Å². The first-order chi connectivity index (χ1) is 20.4. The van der Waals surface area contributed by atoms with Crippen LogP contribution in [0, 0.1) is 0 Å². The van der Waals surface area contributed by atoms with E-state index in [2.05, 4.69) is 0 Å². The Morgan fingerprint density at radius 3 is 2.14 bits per heavy atom. The zero-order valence-electron chi connectivity index (χ0n) is 22.9. The quantitative estimate of drug-likeness (QED) is 0.159. The molecule has 3 aromatic rings. The summed E-state index contributed by atoms with van der Waals surface area (Å²) in [4.78, 5) is 13.7. The van der Waals surface area contributed by atoms with Gasteiger partial charge in [-0.05, 0) is 31.2 Å². The van der Waals surface area contributed by atoms with Crippen LogP contribution >= 0.6 is 0 Å². The molecule has 0 radical (unpaired) electrons. The lowest BCUT2D eigenvalue weighted by Crippen LogP contribution is -2.61. The van der Waals surface area contributed by atoms with E-state index in [1.165, 1.54) is 50.4 Å². The monoisotopic (exact) mass is 608 g/mol. The topological polar surface area (TPSA) is 238 Å². The first kappa shape index (κ1) is 30.9. The Morgan fingerprint density at radius 2 is 1.47 bits per heavy atom. The van der Waals surface area contributed by atoms with Gasteiger partial charge in [0, 0.05) is 17.7 Å². The van der Waals surface area contributed by atoms with E-state index in [1.54, 1.807) is 0 Å². The highest BCUT2D eigenvalue weighted by Crippen LogP contribution is 2.38. The molecule has 0 aliphatic carbocycles. The Kier molecular flexibility index (Phi) is 8.80. The average molecular weight is 609 g/mol. The number of phenols is 2.